The quantitative estimate of drug-likeness (QED) is 0.852. The van der Waals surface area contributed by atoms with Crippen LogP contribution >= 0.6 is 11.6 Å². The van der Waals surface area contributed by atoms with E-state index in [1.165, 1.54) is 0 Å². The zero-order chi connectivity index (χ0) is 13.3. The van der Waals surface area contributed by atoms with Crippen LogP contribution in [0.3, 0.4) is 0 Å². The van der Waals surface area contributed by atoms with E-state index in [-0.39, 0.29) is 11.5 Å². The Morgan fingerprint density at radius 1 is 1.11 bits per heavy atom. The lowest BCUT2D eigenvalue weighted by Crippen LogP contribution is -2.07. The highest BCUT2D eigenvalue weighted by Crippen LogP contribution is 2.34. The number of nitrogens with two attached hydrogens (primary N) is 1. The van der Waals surface area contributed by atoms with E-state index in [9.17, 15) is 13.2 Å². The van der Waals surface area contributed by atoms with Crippen LogP contribution in [0.25, 0.3) is 11.3 Å². The highest BCUT2D eigenvalue weighted by molar-refractivity contribution is 6.33. The summed E-state index contributed by atoms with van der Waals surface area (Å²) in [6.07, 6.45) is -4.47. The van der Waals surface area contributed by atoms with E-state index >= 15 is 0 Å². The molecule has 0 aliphatic heterocycles. The molecule has 0 spiro atoms. The lowest BCUT2D eigenvalue weighted by atomic mass is 10.1. The normalized spacial score (nSPS) is 11.6. The molecule has 0 unspecified atom stereocenters. The predicted octanol–water partition coefficient (Wildman–Crippen LogP) is 4.00. The lowest BCUT2D eigenvalue weighted by molar-refractivity contribution is -0.137. The summed E-state index contributed by atoms with van der Waals surface area (Å²) in [5.41, 5.74) is 5.07. The van der Waals surface area contributed by atoms with Gasteiger partial charge in [-0.15, -0.1) is 0 Å². The van der Waals surface area contributed by atoms with Crippen molar-refractivity contribution in [3.05, 3.63) is 47.0 Å². The Kier molecular flexibility index (Phi) is 3.17. The van der Waals surface area contributed by atoms with Gasteiger partial charge in [0.25, 0.3) is 0 Å². The molecule has 0 saturated heterocycles. The fourth-order valence-electron chi connectivity index (χ4n) is 1.52. The van der Waals surface area contributed by atoms with Gasteiger partial charge in [0.2, 0.25) is 0 Å². The molecule has 1 heterocycles. The fraction of sp³-hybridized carbons (Fsp3) is 0.0833. The minimum atomic E-state index is -4.47. The molecule has 0 aliphatic rings. The van der Waals surface area contributed by atoms with Crippen molar-refractivity contribution in [2.75, 3.05) is 5.73 Å². The molecule has 1 aromatic carbocycles. The molecule has 0 radical (unpaired) electrons. The van der Waals surface area contributed by atoms with Crippen molar-refractivity contribution in [1.29, 1.82) is 0 Å². The van der Waals surface area contributed by atoms with Gasteiger partial charge >= 0.3 is 6.18 Å². The molecule has 0 amide bonds. The first-order chi connectivity index (χ1) is 8.38. The molecule has 2 rings (SSSR count). The zero-order valence-corrected chi connectivity index (χ0v) is 9.76. The minimum absolute atomic E-state index is 0.105. The summed E-state index contributed by atoms with van der Waals surface area (Å²) in [6.45, 7) is 0. The van der Waals surface area contributed by atoms with E-state index in [4.69, 9.17) is 17.3 Å². The Balaban J connectivity index is 2.60. The van der Waals surface area contributed by atoms with Gasteiger partial charge < -0.3 is 5.73 Å². The van der Waals surface area contributed by atoms with E-state index in [1.54, 1.807) is 24.3 Å². The molecular weight excluding hydrogens is 265 g/mol. The smallest absolute Gasteiger partial charge is 0.384 e. The van der Waals surface area contributed by atoms with Gasteiger partial charge in [-0.2, -0.15) is 13.2 Å². The Hall–Kier alpha value is -1.75. The Morgan fingerprint density at radius 3 is 2.39 bits per heavy atom. The highest BCUT2D eigenvalue weighted by atomic mass is 35.5. The van der Waals surface area contributed by atoms with Crippen molar-refractivity contribution in [3.63, 3.8) is 0 Å². The van der Waals surface area contributed by atoms with Crippen molar-refractivity contribution in [2.24, 2.45) is 0 Å². The predicted molar refractivity (Wildman–Crippen MR) is 64.1 cm³/mol. The van der Waals surface area contributed by atoms with Crippen molar-refractivity contribution in [3.8, 4) is 11.3 Å². The molecule has 94 valence electrons. The molecule has 0 bridgehead atoms. The summed E-state index contributed by atoms with van der Waals surface area (Å²) < 4.78 is 37.9. The number of halogens is 4. The van der Waals surface area contributed by atoms with Gasteiger partial charge in [-0.05, 0) is 18.2 Å². The Morgan fingerprint density at radius 2 is 1.78 bits per heavy atom. The standard InChI is InChI=1S/C12H8ClF3N2/c13-9-4-2-1-3-8(9)10-5-7(12(14,15)16)6-11(17)18-10/h1-6H,(H2,17,18). The number of benzene rings is 1. The number of anilines is 1. The van der Waals surface area contributed by atoms with Crippen LogP contribution in [0.15, 0.2) is 36.4 Å². The molecule has 0 atom stereocenters. The molecule has 6 heteroatoms. The molecule has 2 aromatic rings. The van der Waals surface area contributed by atoms with Crippen LogP contribution in [0, 0.1) is 0 Å². The molecule has 0 fully saturated rings. The average molecular weight is 273 g/mol. The summed E-state index contributed by atoms with van der Waals surface area (Å²) in [7, 11) is 0. The summed E-state index contributed by atoms with van der Waals surface area (Å²) in [5, 5.41) is 0.323. The third kappa shape index (κ3) is 2.56. The van der Waals surface area contributed by atoms with E-state index < -0.39 is 11.7 Å². The van der Waals surface area contributed by atoms with Gasteiger partial charge in [0.15, 0.2) is 0 Å². The van der Waals surface area contributed by atoms with Crippen LogP contribution in [0.5, 0.6) is 0 Å². The first-order valence-corrected chi connectivity index (χ1v) is 5.35. The van der Waals surface area contributed by atoms with Crippen LogP contribution in [0.1, 0.15) is 5.56 Å². The second-order valence-electron chi connectivity index (χ2n) is 3.64. The molecular formula is C12H8ClF3N2. The van der Waals surface area contributed by atoms with E-state index in [1.807, 2.05) is 0 Å². The monoisotopic (exact) mass is 272 g/mol. The van der Waals surface area contributed by atoms with Crippen LogP contribution in [-0.2, 0) is 6.18 Å². The number of nitrogen functional groups attached to an aromatic ring is 1. The van der Waals surface area contributed by atoms with Crippen molar-refractivity contribution < 1.29 is 13.2 Å². The van der Waals surface area contributed by atoms with Crippen LogP contribution in [0.4, 0.5) is 19.0 Å². The maximum absolute atomic E-state index is 12.6. The number of hydrogen-bond donors (Lipinski definition) is 1. The third-order valence-electron chi connectivity index (χ3n) is 2.32. The number of hydrogen-bond acceptors (Lipinski definition) is 2. The van der Waals surface area contributed by atoms with E-state index in [0.29, 0.717) is 10.6 Å². The zero-order valence-electron chi connectivity index (χ0n) is 9.00. The largest absolute Gasteiger partial charge is 0.416 e. The second-order valence-corrected chi connectivity index (χ2v) is 4.05. The van der Waals surface area contributed by atoms with Crippen LogP contribution in [0.2, 0.25) is 5.02 Å². The van der Waals surface area contributed by atoms with Gasteiger partial charge in [0, 0.05) is 10.6 Å². The van der Waals surface area contributed by atoms with E-state index in [2.05, 4.69) is 4.98 Å². The average Bonchev–Trinajstić information content (AvgIpc) is 2.27. The summed E-state index contributed by atoms with van der Waals surface area (Å²) in [6, 6.07) is 8.24. The fourth-order valence-corrected chi connectivity index (χ4v) is 1.76. The Bertz CT molecular complexity index is 582. The highest BCUT2D eigenvalue weighted by Gasteiger charge is 2.31. The summed E-state index contributed by atoms with van der Waals surface area (Å²) in [4.78, 5) is 3.87. The number of aromatic nitrogens is 1. The first-order valence-electron chi connectivity index (χ1n) is 4.97. The number of alkyl halides is 3. The maximum atomic E-state index is 12.6. The molecule has 1 aromatic heterocycles. The SMILES string of the molecule is Nc1cc(C(F)(F)F)cc(-c2ccccc2Cl)n1. The number of rotatable bonds is 1. The van der Waals surface area contributed by atoms with Gasteiger partial charge in [-0.25, -0.2) is 4.98 Å². The first kappa shape index (κ1) is 12.7. The van der Waals surface area contributed by atoms with Gasteiger partial charge in [0.05, 0.1) is 11.3 Å². The molecule has 0 aliphatic carbocycles. The molecule has 0 saturated carbocycles. The second kappa shape index (κ2) is 4.49. The van der Waals surface area contributed by atoms with Crippen molar-refractivity contribution in [2.45, 2.75) is 6.18 Å². The maximum Gasteiger partial charge on any atom is 0.416 e. The number of nitrogens with zero attached hydrogens (tertiary/aromatic N) is 1. The van der Waals surface area contributed by atoms with E-state index in [0.717, 1.165) is 12.1 Å². The third-order valence-corrected chi connectivity index (χ3v) is 2.65. The number of pyridine rings is 1. The topological polar surface area (TPSA) is 38.9 Å². The van der Waals surface area contributed by atoms with Crippen LogP contribution < -0.4 is 5.73 Å². The minimum Gasteiger partial charge on any atom is -0.384 e. The van der Waals surface area contributed by atoms with Gasteiger partial charge in [-0.3, -0.25) is 0 Å². The molecule has 2 N–H and O–H groups in total. The van der Waals surface area contributed by atoms with Gasteiger partial charge in [0.1, 0.15) is 5.82 Å². The lowest BCUT2D eigenvalue weighted by Gasteiger charge is -2.10. The Labute approximate surface area is 106 Å². The molecule has 2 nitrogen and oxygen atoms in total. The van der Waals surface area contributed by atoms with Crippen molar-refractivity contribution >= 4 is 17.4 Å². The van der Waals surface area contributed by atoms with Crippen LogP contribution in [-0.4, -0.2) is 4.98 Å². The molecule has 18 heavy (non-hydrogen) atoms. The summed E-state index contributed by atoms with van der Waals surface area (Å²) in [5.74, 6) is -0.195. The summed E-state index contributed by atoms with van der Waals surface area (Å²) >= 11 is 5.92. The van der Waals surface area contributed by atoms with Gasteiger partial charge in [-0.1, -0.05) is 29.8 Å². The van der Waals surface area contributed by atoms with Crippen molar-refractivity contribution in [1.82, 2.24) is 4.98 Å².